The molecule has 0 fully saturated rings. The van der Waals surface area contributed by atoms with Crippen molar-refractivity contribution in [2.75, 3.05) is 6.54 Å². The molecule has 0 saturated heterocycles. The zero-order valence-corrected chi connectivity index (χ0v) is 5.66. The molecular formula is C5H13ClN. The Labute approximate surface area is 51.7 Å². The Morgan fingerprint density at radius 1 is 1.57 bits per heavy atom. The van der Waals surface area contributed by atoms with Crippen LogP contribution in [0, 0.1) is 12.3 Å². The highest BCUT2D eigenvalue weighted by molar-refractivity contribution is 5.85. The van der Waals surface area contributed by atoms with Crippen LogP contribution in [0.3, 0.4) is 0 Å². The van der Waals surface area contributed by atoms with E-state index in [1.807, 2.05) is 0 Å². The van der Waals surface area contributed by atoms with Crippen LogP contribution in [0.15, 0.2) is 0 Å². The van der Waals surface area contributed by atoms with Gasteiger partial charge in [0.25, 0.3) is 0 Å². The van der Waals surface area contributed by atoms with Crippen molar-refractivity contribution < 1.29 is 0 Å². The zero-order valence-electron chi connectivity index (χ0n) is 4.85. The highest BCUT2D eigenvalue weighted by atomic mass is 35.5. The number of hydrogen-bond acceptors (Lipinski definition) is 1. The molecule has 0 aromatic heterocycles. The molecule has 0 aliphatic carbocycles. The van der Waals surface area contributed by atoms with Crippen molar-refractivity contribution in [3.05, 3.63) is 6.42 Å². The van der Waals surface area contributed by atoms with Crippen LogP contribution in [0.5, 0.6) is 0 Å². The Bertz CT molecular complexity index is 29.3. The van der Waals surface area contributed by atoms with E-state index in [0.29, 0.717) is 12.5 Å². The fourth-order valence-electron chi connectivity index (χ4n) is 0.272. The Morgan fingerprint density at radius 2 is 2.00 bits per heavy atom. The van der Waals surface area contributed by atoms with E-state index in [0.717, 1.165) is 0 Å². The lowest BCUT2D eigenvalue weighted by molar-refractivity contribution is 0.737. The second-order valence-electron chi connectivity index (χ2n) is 1.72. The maximum atomic E-state index is 5.17. The van der Waals surface area contributed by atoms with E-state index in [1.54, 1.807) is 0 Å². The fourth-order valence-corrected chi connectivity index (χ4v) is 0.272. The normalized spacial score (nSPS) is 8.57. The van der Waals surface area contributed by atoms with E-state index in [2.05, 4.69) is 20.3 Å². The van der Waals surface area contributed by atoms with Gasteiger partial charge in [0, 0.05) is 0 Å². The van der Waals surface area contributed by atoms with E-state index >= 15 is 0 Å². The van der Waals surface area contributed by atoms with Crippen LogP contribution < -0.4 is 5.73 Å². The van der Waals surface area contributed by atoms with Crippen molar-refractivity contribution in [2.45, 2.75) is 13.8 Å². The predicted molar refractivity (Wildman–Crippen MR) is 35.4 cm³/mol. The Balaban J connectivity index is 0. The van der Waals surface area contributed by atoms with Gasteiger partial charge in [0.2, 0.25) is 0 Å². The summed E-state index contributed by atoms with van der Waals surface area (Å²) in [4.78, 5) is 0. The summed E-state index contributed by atoms with van der Waals surface area (Å²) in [5.74, 6) is 0.648. The molecule has 0 spiro atoms. The first kappa shape index (κ1) is 10.3. The zero-order chi connectivity index (χ0) is 4.99. The van der Waals surface area contributed by atoms with Crippen LogP contribution in [-0.4, -0.2) is 6.54 Å². The van der Waals surface area contributed by atoms with Gasteiger partial charge in [0.1, 0.15) is 0 Å². The van der Waals surface area contributed by atoms with Gasteiger partial charge in [-0.05, 0) is 18.9 Å². The highest BCUT2D eigenvalue weighted by Gasteiger charge is 1.86. The number of halogens is 1. The molecule has 0 atom stereocenters. The van der Waals surface area contributed by atoms with Gasteiger partial charge in [-0.3, -0.25) is 0 Å². The summed E-state index contributed by atoms with van der Waals surface area (Å²) in [7, 11) is 0. The lowest BCUT2D eigenvalue weighted by Gasteiger charge is -1.95. The first-order valence-corrected chi connectivity index (χ1v) is 2.30. The molecule has 0 unspecified atom stereocenters. The SMILES string of the molecule is CC(C)[CH]CN.Cl. The monoisotopic (exact) mass is 122 g/mol. The quantitative estimate of drug-likeness (QED) is 0.586. The molecule has 0 aliphatic heterocycles. The van der Waals surface area contributed by atoms with E-state index in [1.165, 1.54) is 0 Å². The molecule has 1 nitrogen and oxygen atoms in total. The van der Waals surface area contributed by atoms with Crippen LogP contribution in [0.2, 0.25) is 0 Å². The maximum Gasteiger partial charge on any atom is -0.00432 e. The Morgan fingerprint density at radius 3 is 2.00 bits per heavy atom. The van der Waals surface area contributed by atoms with Gasteiger partial charge in [-0.1, -0.05) is 13.8 Å². The molecule has 0 rings (SSSR count). The molecule has 2 heteroatoms. The summed E-state index contributed by atoms with van der Waals surface area (Å²) in [6.45, 7) is 4.94. The molecule has 0 aromatic rings. The molecule has 45 valence electrons. The second kappa shape index (κ2) is 6.25. The van der Waals surface area contributed by atoms with Crippen molar-refractivity contribution in [3.63, 3.8) is 0 Å². The third-order valence-corrected chi connectivity index (χ3v) is 0.607. The van der Waals surface area contributed by atoms with E-state index < -0.39 is 0 Å². The first-order chi connectivity index (χ1) is 2.77. The topological polar surface area (TPSA) is 26.0 Å². The standard InChI is InChI=1S/C5H12N.ClH/c1-5(2)3-4-6;/h3,5H,4,6H2,1-2H3;1H. The minimum absolute atomic E-state index is 0. The molecule has 0 saturated carbocycles. The van der Waals surface area contributed by atoms with E-state index in [9.17, 15) is 0 Å². The minimum atomic E-state index is 0. The Kier molecular flexibility index (Phi) is 9.17. The van der Waals surface area contributed by atoms with Crippen LogP contribution in [0.1, 0.15) is 13.8 Å². The van der Waals surface area contributed by atoms with E-state index in [-0.39, 0.29) is 12.4 Å². The Hall–Kier alpha value is 0.250. The smallest absolute Gasteiger partial charge is 0.00432 e. The van der Waals surface area contributed by atoms with Gasteiger partial charge >= 0.3 is 0 Å². The largest absolute Gasteiger partial charge is 0.330 e. The first-order valence-electron chi connectivity index (χ1n) is 2.30. The number of hydrogen-bond donors (Lipinski definition) is 1. The molecule has 2 N–H and O–H groups in total. The fraction of sp³-hybridized carbons (Fsp3) is 0.800. The summed E-state index contributed by atoms with van der Waals surface area (Å²) in [6.07, 6.45) is 2.07. The molecule has 0 aliphatic rings. The molecular weight excluding hydrogens is 110 g/mol. The van der Waals surface area contributed by atoms with Crippen molar-refractivity contribution in [2.24, 2.45) is 11.7 Å². The van der Waals surface area contributed by atoms with Crippen molar-refractivity contribution >= 4 is 12.4 Å². The van der Waals surface area contributed by atoms with Crippen LogP contribution in [-0.2, 0) is 0 Å². The van der Waals surface area contributed by atoms with Crippen LogP contribution >= 0.6 is 12.4 Å². The number of rotatable bonds is 2. The van der Waals surface area contributed by atoms with Crippen LogP contribution in [0.25, 0.3) is 0 Å². The van der Waals surface area contributed by atoms with Gasteiger partial charge in [0.15, 0.2) is 0 Å². The molecule has 0 heterocycles. The van der Waals surface area contributed by atoms with Crippen LogP contribution in [0.4, 0.5) is 0 Å². The van der Waals surface area contributed by atoms with Gasteiger partial charge in [0.05, 0.1) is 0 Å². The summed E-state index contributed by atoms with van der Waals surface area (Å²) >= 11 is 0. The molecule has 1 radical (unpaired) electrons. The average molecular weight is 123 g/mol. The van der Waals surface area contributed by atoms with Crippen molar-refractivity contribution in [3.8, 4) is 0 Å². The number of nitrogens with two attached hydrogens (primary N) is 1. The minimum Gasteiger partial charge on any atom is -0.330 e. The van der Waals surface area contributed by atoms with Gasteiger partial charge in [-0.25, -0.2) is 0 Å². The summed E-state index contributed by atoms with van der Waals surface area (Å²) in [6, 6.07) is 0. The summed E-state index contributed by atoms with van der Waals surface area (Å²) < 4.78 is 0. The van der Waals surface area contributed by atoms with Gasteiger partial charge < -0.3 is 5.73 Å². The highest BCUT2D eigenvalue weighted by Crippen LogP contribution is 1.92. The third kappa shape index (κ3) is 10.7. The second-order valence-corrected chi connectivity index (χ2v) is 1.72. The van der Waals surface area contributed by atoms with Crippen molar-refractivity contribution in [1.82, 2.24) is 0 Å². The third-order valence-electron chi connectivity index (χ3n) is 0.607. The molecule has 7 heavy (non-hydrogen) atoms. The average Bonchev–Trinajstić information content (AvgIpc) is 1.35. The lowest BCUT2D eigenvalue weighted by atomic mass is 10.1. The lowest BCUT2D eigenvalue weighted by Crippen LogP contribution is -2.03. The van der Waals surface area contributed by atoms with Crippen molar-refractivity contribution in [1.29, 1.82) is 0 Å². The van der Waals surface area contributed by atoms with Gasteiger partial charge in [-0.15, -0.1) is 12.4 Å². The maximum absolute atomic E-state index is 5.17. The molecule has 0 bridgehead atoms. The van der Waals surface area contributed by atoms with Gasteiger partial charge in [-0.2, -0.15) is 0 Å². The molecule has 0 amide bonds. The molecule has 0 aromatic carbocycles. The van der Waals surface area contributed by atoms with E-state index in [4.69, 9.17) is 5.73 Å². The summed E-state index contributed by atoms with van der Waals surface area (Å²) in [5.41, 5.74) is 5.17. The predicted octanol–water partition coefficient (Wildman–Crippen LogP) is 1.23. The summed E-state index contributed by atoms with van der Waals surface area (Å²) in [5, 5.41) is 0.